The largest absolute Gasteiger partial charge is 0.483 e. The lowest BCUT2D eigenvalue weighted by Gasteiger charge is -2.29. The fraction of sp³-hybridized carbons (Fsp3) is 0.0769. The van der Waals surface area contributed by atoms with Crippen molar-refractivity contribution in [1.29, 1.82) is 0 Å². The number of amides is 3. The van der Waals surface area contributed by atoms with Gasteiger partial charge in [0.25, 0.3) is 17.7 Å². The van der Waals surface area contributed by atoms with E-state index in [1.165, 1.54) is 30.3 Å². The summed E-state index contributed by atoms with van der Waals surface area (Å²) in [6.45, 7) is 1.67. The monoisotopic (exact) mass is 489 g/mol. The highest BCUT2D eigenvalue weighted by atomic mass is 32.1. The third-order valence-electron chi connectivity index (χ3n) is 5.10. The van der Waals surface area contributed by atoms with Crippen molar-refractivity contribution in [2.75, 3.05) is 16.8 Å². The first-order chi connectivity index (χ1) is 16.8. The van der Waals surface area contributed by atoms with E-state index < -0.39 is 17.6 Å². The molecule has 1 aliphatic rings. The van der Waals surface area contributed by atoms with E-state index in [0.29, 0.717) is 22.7 Å². The minimum Gasteiger partial charge on any atom is -0.483 e. The molecule has 1 saturated heterocycles. The standard InChI is InChI=1S/C26H20FN3O4S/c1-16-6-10-19(11-7-16)28-23(31)15-34-22-5-3-2-4-17(22)14-21-24(32)29-26(35)30(25(21)33)20-12-8-18(27)9-13-20/h2-14H,15H2,1H3,(H,28,31)(H,29,32,35)/b21-14-. The summed E-state index contributed by atoms with van der Waals surface area (Å²) in [5, 5.41) is 5.11. The molecule has 1 fully saturated rings. The van der Waals surface area contributed by atoms with Crippen molar-refractivity contribution >= 4 is 52.5 Å². The summed E-state index contributed by atoms with van der Waals surface area (Å²) in [6, 6.07) is 19.2. The maximum absolute atomic E-state index is 13.3. The number of rotatable bonds is 6. The fourth-order valence-electron chi connectivity index (χ4n) is 3.35. The van der Waals surface area contributed by atoms with Crippen LogP contribution >= 0.6 is 12.2 Å². The summed E-state index contributed by atoms with van der Waals surface area (Å²) >= 11 is 5.15. The highest BCUT2D eigenvalue weighted by Crippen LogP contribution is 2.26. The van der Waals surface area contributed by atoms with Gasteiger partial charge in [0, 0.05) is 11.3 Å². The van der Waals surface area contributed by atoms with E-state index in [1.807, 2.05) is 19.1 Å². The molecule has 0 saturated carbocycles. The van der Waals surface area contributed by atoms with Gasteiger partial charge in [0.2, 0.25) is 0 Å². The smallest absolute Gasteiger partial charge is 0.270 e. The number of carbonyl (C=O) groups excluding carboxylic acids is 3. The molecule has 0 radical (unpaired) electrons. The number of anilines is 2. The molecule has 7 nitrogen and oxygen atoms in total. The highest BCUT2D eigenvalue weighted by molar-refractivity contribution is 7.80. The summed E-state index contributed by atoms with van der Waals surface area (Å²) in [7, 11) is 0. The predicted octanol–water partition coefficient (Wildman–Crippen LogP) is 3.98. The molecule has 0 aromatic heterocycles. The van der Waals surface area contributed by atoms with Crippen molar-refractivity contribution in [3.63, 3.8) is 0 Å². The second kappa shape index (κ2) is 10.3. The molecular weight excluding hydrogens is 469 g/mol. The number of hydrogen-bond donors (Lipinski definition) is 2. The SMILES string of the molecule is Cc1ccc(NC(=O)COc2ccccc2/C=C2/C(=O)NC(=S)N(c3ccc(F)cc3)C2=O)cc1. The van der Waals surface area contributed by atoms with Crippen LogP contribution < -0.4 is 20.3 Å². The van der Waals surface area contributed by atoms with Crippen molar-refractivity contribution in [3.8, 4) is 5.75 Å². The Bertz CT molecular complexity index is 1340. The van der Waals surface area contributed by atoms with Crippen molar-refractivity contribution in [2.24, 2.45) is 0 Å². The quantitative estimate of drug-likeness (QED) is 0.311. The second-order valence-corrected chi connectivity index (χ2v) is 8.06. The molecule has 1 aliphatic heterocycles. The molecule has 35 heavy (non-hydrogen) atoms. The van der Waals surface area contributed by atoms with Gasteiger partial charge in [-0.1, -0.05) is 35.9 Å². The van der Waals surface area contributed by atoms with Crippen LogP contribution in [0.5, 0.6) is 5.75 Å². The number of thiocarbonyl (C=S) groups is 1. The number of ether oxygens (including phenoxy) is 1. The molecule has 0 spiro atoms. The third-order valence-corrected chi connectivity index (χ3v) is 5.38. The van der Waals surface area contributed by atoms with Crippen LogP contribution in [0.15, 0.2) is 78.4 Å². The van der Waals surface area contributed by atoms with Gasteiger partial charge in [-0.25, -0.2) is 4.39 Å². The predicted molar refractivity (Wildman–Crippen MR) is 134 cm³/mol. The van der Waals surface area contributed by atoms with Gasteiger partial charge in [-0.3, -0.25) is 24.6 Å². The third kappa shape index (κ3) is 5.59. The van der Waals surface area contributed by atoms with Crippen LogP contribution in [0.25, 0.3) is 6.08 Å². The number of carbonyl (C=O) groups is 3. The van der Waals surface area contributed by atoms with Gasteiger partial charge in [-0.2, -0.15) is 0 Å². The summed E-state index contributed by atoms with van der Waals surface area (Å²) < 4.78 is 19.0. The molecule has 9 heteroatoms. The number of hydrogen-bond acceptors (Lipinski definition) is 5. The molecule has 0 atom stereocenters. The van der Waals surface area contributed by atoms with Crippen LogP contribution in [0.3, 0.4) is 0 Å². The summed E-state index contributed by atoms with van der Waals surface area (Å²) in [5.41, 5.74) is 2.25. The van der Waals surface area contributed by atoms with Crippen molar-refractivity contribution in [1.82, 2.24) is 5.32 Å². The van der Waals surface area contributed by atoms with E-state index in [2.05, 4.69) is 10.6 Å². The summed E-state index contributed by atoms with van der Waals surface area (Å²) in [5.74, 6) is -1.87. The van der Waals surface area contributed by atoms with Crippen LogP contribution in [0.4, 0.5) is 15.8 Å². The molecule has 2 N–H and O–H groups in total. The van der Waals surface area contributed by atoms with Crippen molar-refractivity contribution in [3.05, 3.63) is 95.3 Å². The van der Waals surface area contributed by atoms with E-state index in [-0.39, 0.29) is 23.2 Å². The van der Waals surface area contributed by atoms with E-state index >= 15 is 0 Å². The first-order valence-electron chi connectivity index (χ1n) is 10.6. The zero-order chi connectivity index (χ0) is 24.9. The van der Waals surface area contributed by atoms with Crippen LogP contribution in [-0.4, -0.2) is 29.4 Å². The zero-order valence-electron chi connectivity index (χ0n) is 18.6. The van der Waals surface area contributed by atoms with Gasteiger partial charge in [0.1, 0.15) is 17.1 Å². The number of para-hydroxylation sites is 1. The Labute approximate surface area is 206 Å². The molecule has 3 aromatic carbocycles. The number of benzene rings is 3. The Morgan fingerprint density at radius 3 is 2.46 bits per heavy atom. The van der Waals surface area contributed by atoms with Crippen LogP contribution in [0.2, 0.25) is 0 Å². The average molecular weight is 490 g/mol. The van der Waals surface area contributed by atoms with Gasteiger partial charge >= 0.3 is 0 Å². The number of halogens is 1. The molecule has 176 valence electrons. The van der Waals surface area contributed by atoms with Crippen LogP contribution in [0.1, 0.15) is 11.1 Å². The summed E-state index contributed by atoms with van der Waals surface area (Å²) in [6.07, 6.45) is 1.36. The van der Waals surface area contributed by atoms with Crippen LogP contribution in [-0.2, 0) is 14.4 Å². The average Bonchev–Trinajstić information content (AvgIpc) is 2.83. The van der Waals surface area contributed by atoms with Crippen LogP contribution in [0, 0.1) is 12.7 Å². The maximum atomic E-state index is 13.3. The molecule has 3 amide bonds. The van der Waals surface area contributed by atoms with Gasteiger partial charge in [0.15, 0.2) is 11.7 Å². The lowest BCUT2D eigenvalue weighted by Crippen LogP contribution is -2.54. The Morgan fingerprint density at radius 2 is 1.74 bits per heavy atom. The van der Waals surface area contributed by atoms with Gasteiger partial charge in [-0.05, 0) is 67.7 Å². The Kier molecular flexibility index (Phi) is 6.98. The van der Waals surface area contributed by atoms with E-state index in [0.717, 1.165) is 10.5 Å². The summed E-state index contributed by atoms with van der Waals surface area (Å²) in [4.78, 5) is 39.2. The second-order valence-electron chi connectivity index (χ2n) is 7.67. The van der Waals surface area contributed by atoms with E-state index in [9.17, 15) is 18.8 Å². The molecule has 0 aliphatic carbocycles. The first kappa shape index (κ1) is 23.8. The minimum atomic E-state index is -0.676. The van der Waals surface area contributed by atoms with Crippen molar-refractivity contribution < 1.29 is 23.5 Å². The van der Waals surface area contributed by atoms with E-state index in [1.54, 1.807) is 36.4 Å². The molecule has 3 aromatic rings. The number of nitrogens with one attached hydrogen (secondary N) is 2. The number of aryl methyl sites for hydroxylation is 1. The Hall–Kier alpha value is -4.37. The molecule has 4 rings (SSSR count). The number of nitrogens with zero attached hydrogens (tertiary/aromatic N) is 1. The van der Waals surface area contributed by atoms with Crippen molar-refractivity contribution in [2.45, 2.75) is 6.92 Å². The Morgan fingerprint density at radius 1 is 1.06 bits per heavy atom. The van der Waals surface area contributed by atoms with Gasteiger partial charge in [-0.15, -0.1) is 0 Å². The lowest BCUT2D eigenvalue weighted by atomic mass is 10.1. The molecule has 0 bridgehead atoms. The van der Waals surface area contributed by atoms with E-state index in [4.69, 9.17) is 17.0 Å². The first-order valence-corrected chi connectivity index (χ1v) is 11.0. The molecule has 1 heterocycles. The minimum absolute atomic E-state index is 0.110. The van der Waals surface area contributed by atoms with Gasteiger partial charge < -0.3 is 10.1 Å². The normalized spacial score (nSPS) is 14.6. The molecule has 0 unspecified atom stereocenters. The Balaban J connectivity index is 1.53. The molecular formula is C26H20FN3O4S. The lowest BCUT2D eigenvalue weighted by molar-refractivity contribution is -0.122. The topological polar surface area (TPSA) is 87.7 Å². The maximum Gasteiger partial charge on any atom is 0.270 e. The highest BCUT2D eigenvalue weighted by Gasteiger charge is 2.34. The zero-order valence-corrected chi connectivity index (χ0v) is 19.4. The fourth-order valence-corrected chi connectivity index (χ4v) is 3.63. The van der Waals surface area contributed by atoms with Gasteiger partial charge in [0.05, 0.1) is 5.69 Å².